The van der Waals surface area contributed by atoms with E-state index in [1.54, 1.807) is 6.92 Å². The first-order valence-corrected chi connectivity index (χ1v) is 2.39. The molecule has 0 spiro atoms. The Labute approximate surface area is 58.6 Å². The zero-order chi connectivity index (χ0) is 8.41. The van der Waals surface area contributed by atoms with Crippen molar-refractivity contribution in [2.45, 2.75) is 6.92 Å². The number of hydrogen-bond acceptors (Lipinski definition) is 4. The third kappa shape index (κ3) is 34.0. The maximum atomic E-state index is 9.60. The number of nitrogens with two attached hydrogens (primary N) is 1. The van der Waals surface area contributed by atoms with E-state index in [1.807, 2.05) is 0 Å². The number of amides is 1. The van der Waals surface area contributed by atoms with E-state index in [2.05, 4.69) is 10.5 Å². The first kappa shape index (κ1) is 11.1. The summed E-state index contributed by atoms with van der Waals surface area (Å²) >= 11 is 0. The Hall–Kier alpha value is -1.75. The van der Waals surface area contributed by atoms with Crippen molar-refractivity contribution in [2.75, 3.05) is 6.61 Å². The van der Waals surface area contributed by atoms with Gasteiger partial charge in [-0.05, 0) is 6.92 Å². The molecule has 10 heavy (non-hydrogen) atoms. The number of ether oxygens (including phenoxy) is 1. The van der Waals surface area contributed by atoms with Crippen molar-refractivity contribution < 1.29 is 9.53 Å². The van der Waals surface area contributed by atoms with Gasteiger partial charge >= 0.3 is 6.09 Å². The Kier molecular flexibility index (Phi) is 11.4. The number of rotatable bonds is 1. The summed E-state index contributed by atoms with van der Waals surface area (Å²) < 4.78 is 4.18. The molecule has 0 saturated heterocycles. The smallest absolute Gasteiger partial charge is 0.404 e. The molecule has 0 aromatic carbocycles. The second kappa shape index (κ2) is 10.3. The molecule has 5 nitrogen and oxygen atoms in total. The summed E-state index contributed by atoms with van der Waals surface area (Å²) in [5, 5.41) is 14.5. The van der Waals surface area contributed by atoms with Gasteiger partial charge in [0.2, 0.25) is 0 Å². The molecule has 0 heterocycles. The molecule has 0 unspecified atom stereocenters. The minimum atomic E-state index is -0.711. The van der Waals surface area contributed by atoms with Crippen LogP contribution in [0.3, 0.4) is 0 Å². The minimum absolute atomic E-state index is 0.356. The molecular formula is C5H7N3O2. The van der Waals surface area contributed by atoms with E-state index in [0.29, 0.717) is 6.61 Å². The molecule has 54 valence electrons. The van der Waals surface area contributed by atoms with Crippen LogP contribution >= 0.6 is 0 Å². The summed E-state index contributed by atoms with van der Waals surface area (Å²) in [4.78, 5) is 9.60. The van der Waals surface area contributed by atoms with E-state index in [1.165, 1.54) is 12.1 Å². The number of carbonyl (C=O) groups excluding carboxylic acids is 1. The van der Waals surface area contributed by atoms with Crippen LogP contribution in [-0.4, -0.2) is 12.7 Å². The highest BCUT2D eigenvalue weighted by atomic mass is 16.5. The third-order valence-electron chi connectivity index (χ3n) is 0.337. The molecule has 2 N–H and O–H groups in total. The molecule has 0 atom stereocenters. The first-order valence-electron chi connectivity index (χ1n) is 2.39. The molecular weight excluding hydrogens is 134 g/mol. The van der Waals surface area contributed by atoms with Crippen molar-refractivity contribution in [1.82, 2.24) is 0 Å². The van der Waals surface area contributed by atoms with E-state index < -0.39 is 6.09 Å². The SMILES string of the molecule is CCOC(N)=O.N#CC#N. The second-order valence-electron chi connectivity index (χ2n) is 0.976. The quantitative estimate of drug-likeness (QED) is 0.561. The van der Waals surface area contributed by atoms with Crippen LogP contribution < -0.4 is 5.73 Å². The monoisotopic (exact) mass is 141 g/mol. The Morgan fingerprint density at radius 3 is 2.00 bits per heavy atom. The van der Waals surface area contributed by atoms with Crippen molar-refractivity contribution in [3.05, 3.63) is 0 Å². The Morgan fingerprint density at radius 1 is 1.60 bits per heavy atom. The van der Waals surface area contributed by atoms with E-state index in [-0.39, 0.29) is 0 Å². The van der Waals surface area contributed by atoms with Crippen molar-refractivity contribution in [2.24, 2.45) is 5.73 Å². The molecule has 0 saturated carbocycles. The van der Waals surface area contributed by atoms with E-state index in [0.717, 1.165) is 0 Å². The highest BCUT2D eigenvalue weighted by Gasteiger charge is 1.82. The number of nitrogens with zero attached hydrogens (tertiary/aromatic N) is 2. The highest BCUT2D eigenvalue weighted by Crippen LogP contribution is 1.66. The van der Waals surface area contributed by atoms with Crippen molar-refractivity contribution >= 4 is 6.09 Å². The lowest BCUT2D eigenvalue weighted by atomic mass is 10.9. The average Bonchev–Trinajstić information content (AvgIpc) is 1.89. The molecule has 0 aliphatic rings. The largest absolute Gasteiger partial charge is 0.450 e. The van der Waals surface area contributed by atoms with Crippen LogP contribution in [0.2, 0.25) is 0 Å². The standard InChI is InChI=1S/C3H7NO2.C2N2/c1-2-6-3(4)5;3-1-2-4/h2H2,1H3,(H2,4,5);. The maximum absolute atomic E-state index is 9.60. The molecule has 0 aliphatic carbocycles. The van der Waals surface area contributed by atoms with Crippen LogP contribution in [0.5, 0.6) is 0 Å². The third-order valence-corrected chi connectivity index (χ3v) is 0.337. The zero-order valence-corrected chi connectivity index (χ0v) is 5.50. The Bertz CT molecular complexity index is 153. The molecule has 0 radical (unpaired) electrons. The Balaban J connectivity index is 0. The van der Waals surface area contributed by atoms with Crippen LogP contribution in [0.4, 0.5) is 4.79 Å². The topological polar surface area (TPSA) is 99.9 Å². The van der Waals surface area contributed by atoms with E-state index >= 15 is 0 Å². The molecule has 0 bridgehead atoms. The minimum Gasteiger partial charge on any atom is -0.450 e. The van der Waals surface area contributed by atoms with Gasteiger partial charge in [-0.3, -0.25) is 0 Å². The molecule has 0 aromatic rings. The number of carbonyl (C=O) groups is 1. The van der Waals surface area contributed by atoms with Crippen LogP contribution in [0, 0.1) is 22.7 Å². The summed E-state index contributed by atoms with van der Waals surface area (Å²) in [6.07, 6.45) is -0.711. The van der Waals surface area contributed by atoms with Gasteiger partial charge in [0.25, 0.3) is 0 Å². The van der Waals surface area contributed by atoms with Crippen molar-refractivity contribution in [1.29, 1.82) is 10.5 Å². The summed E-state index contributed by atoms with van der Waals surface area (Å²) in [5.74, 6) is 0. The van der Waals surface area contributed by atoms with Crippen LogP contribution in [0.25, 0.3) is 0 Å². The lowest BCUT2D eigenvalue weighted by molar-refractivity contribution is 0.163. The second-order valence-corrected chi connectivity index (χ2v) is 0.976. The van der Waals surface area contributed by atoms with Crippen LogP contribution in [0.15, 0.2) is 0 Å². The fourth-order valence-corrected chi connectivity index (χ4v) is 0.142. The van der Waals surface area contributed by atoms with Gasteiger partial charge in [0.1, 0.15) is 0 Å². The van der Waals surface area contributed by atoms with Gasteiger partial charge in [-0.15, -0.1) is 0 Å². The van der Waals surface area contributed by atoms with Gasteiger partial charge in [0.05, 0.1) is 6.61 Å². The highest BCUT2D eigenvalue weighted by molar-refractivity contribution is 5.64. The molecule has 0 aliphatic heterocycles. The molecule has 1 amide bonds. The maximum Gasteiger partial charge on any atom is 0.404 e. The van der Waals surface area contributed by atoms with Gasteiger partial charge in [-0.25, -0.2) is 4.79 Å². The van der Waals surface area contributed by atoms with E-state index in [4.69, 9.17) is 10.5 Å². The first-order chi connectivity index (χ1) is 4.68. The van der Waals surface area contributed by atoms with Gasteiger partial charge in [0, 0.05) is 0 Å². The fraction of sp³-hybridized carbons (Fsp3) is 0.400. The van der Waals surface area contributed by atoms with Crippen molar-refractivity contribution in [3.63, 3.8) is 0 Å². The van der Waals surface area contributed by atoms with E-state index in [9.17, 15) is 4.79 Å². The lowest BCUT2D eigenvalue weighted by Crippen LogP contribution is -2.11. The summed E-state index contributed by atoms with van der Waals surface area (Å²) in [6.45, 7) is 2.06. The van der Waals surface area contributed by atoms with Crippen molar-refractivity contribution in [3.8, 4) is 12.1 Å². The summed E-state index contributed by atoms with van der Waals surface area (Å²) in [7, 11) is 0. The molecule has 0 fully saturated rings. The summed E-state index contributed by atoms with van der Waals surface area (Å²) in [6, 6.07) is 2.47. The number of hydrogen-bond donors (Lipinski definition) is 1. The van der Waals surface area contributed by atoms with Gasteiger partial charge in [-0.2, -0.15) is 10.5 Å². The molecule has 5 heteroatoms. The number of nitriles is 2. The predicted molar refractivity (Wildman–Crippen MR) is 32.4 cm³/mol. The molecule has 0 rings (SSSR count). The molecule has 0 aromatic heterocycles. The van der Waals surface area contributed by atoms with Crippen LogP contribution in [0.1, 0.15) is 6.92 Å². The van der Waals surface area contributed by atoms with Crippen LogP contribution in [-0.2, 0) is 4.74 Å². The van der Waals surface area contributed by atoms with Gasteiger partial charge in [-0.1, -0.05) is 0 Å². The lowest BCUT2D eigenvalue weighted by Gasteiger charge is -1.89. The average molecular weight is 141 g/mol. The number of primary amides is 1. The zero-order valence-electron chi connectivity index (χ0n) is 5.50. The predicted octanol–water partition coefficient (Wildman–Crippen LogP) is 0.135. The normalized spacial score (nSPS) is 5.50. The van der Waals surface area contributed by atoms with Gasteiger partial charge in [0.15, 0.2) is 12.1 Å². The summed E-state index contributed by atoms with van der Waals surface area (Å²) in [5.41, 5.74) is 4.54. The Morgan fingerprint density at radius 2 is 2.00 bits per heavy atom. The fourth-order valence-electron chi connectivity index (χ4n) is 0.142. The van der Waals surface area contributed by atoms with Gasteiger partial charge < -0.3 is 10.5 Å².